The summed E-state index contributed by atoms with van der Waals surface area (Å²) in [5.41, 5.74) is 1.98. The number of aromatic nitrogens is 1. The summed E-state index contributed by atoms with van der Waals surface area (Å²) in [6.45, 7) is 2.49. The summed E-state index contributed by atoms with van der Waals surface area (Å²) in [6, 6.07) is 10.3. The average Bonchev–Trinajstić information content (AvgIpc) is 2.40. The van der Waals surface area contributed by atoms with Crippen molar-refractivity contribution < 1.29 is 4.92 Å². The lowest BCUT2D eigenvalue weighted by Crippen LogP contribution is -2.02. The number of nitrogens with one attached hydrogen (secondary N) is 1. The van der Waals surface area contributed by atoms with Crippen LogP contribution in [0.15, 0.2) is 40.9 Å². The molecule has 2 aromatic rings. The largest absolute Gasteiger partial charge is 0.366 e. The molecule has 2 rings (SSSR count). The lowest BCUT2D eigenvalue weighted by Gasteiger charge is -2.07. The van der Waals surface area contributed by atoms with Gasteiger partial charge >= 0.3 is 0 Å². The molecule has 19 heavy (non-hydrogen) atoms. The van der Waals surface area contributed by atoms with E-state index in [0.29, 0.717) is 6.54 Å². The zero-order chi connectivity index (χ0) is 13.8. The van der Waals surface area contributed by atoms with Gasteiger partial charge in [0.1, 0.15) is 5.82 Å². The van der Waals surface area contributed by atoms with Crippen LogP contribution in [0, 0.1) is 17.0 Å². The molecule has 0 atom stereocenters. The normalized spacial score (nSPS) is 10.2. The lowest BCUT2D eigenvalue weighted by molar-refractivity contribution is -0.384. The third-order valence-electron chi connectivity index (χ3n) is 2.64. The Morgan fingerprint density at radius 2 is 1.95 bits per heavy atom. The van der Waals surface area contributed by atoms with Gasteiger partial charge in [0.2, 0.25) is 0 Å². The van der Waals surface area contributed by atoms with E-state index in [4.69, 9.17) is 0 Å². The van der Waals surface area contributed by atoms with E-state index in [1.54, 1.807) is 12.1 Å². The molecule has 1 heterocycles. The van der Waals surface area contributed by atoms with Crippen molar-refractivity contribution in [3.63, 3.8) is 0 Å². The Morgan fingerprint density at radius 3 is 2.53 bits per heavy atom. The maximum Gasteiger partial charge on any atom is 0.269 e. The summed E-state index contributed by atoms with van der Waals surface area (Å²) < 4.78 is 0.966. The number of anilines is 1. The van der Waals surface area contributed by atoms with Crippen LogP contribution in [0.1, 0.15) is 11.3 Å². The van der Waals surface area contributed by atoms with Crippen molar-refractivity contribution in [2.75, 3.05) is 5.32 Å². The highest BCUT2D eigenvalue weighted by atomic mass is 79.9. The van der Waals surface area contributed by atoms with E-state index in [-0.39, 0.29) is 5.69 Å². The molecule has 0 aliphatic rings. The van der Waals surface area contributed by atoms with E-state index >= 15 is 0 Å². The number of hydrogen-bond acceptors (Lipinski definition) is 4. The molecule has 98 valence electrons. The molecular formula is C13H12BrN3O2. The zero-order valence-electron chi connectivity index (χ0n) is 10.3. The second-order valence-corrected chi connectivity index (χ2v) is 4.90. The Morgan fingerprint density at radius 1 is 1.26 bits per heavy atom. The maximum absolute atomic E-state index is 10.5. The number of hydrogen-bond donors (Lipinski definition) is 1. The van der Waals surface area contributed by atoms with Gasteiger partial charge in [-0.15, -0.1) is 0 Å². The van der Waals surface area contributed by atoms with Gasteiger partial charge in [-0.1, -0.05) is 12.1 Å². The minimum atomic E-state index is -0.406. The maximum atomic E-state index is 10.5. The van der Waals surface area contributed by atoms with Gasteiger partial charge in [0, 0.05) is 23.2 Å². The molecule has 0 fully saturated rings. The van der Waals surface area contributed by atoms with E-state index in [9.17, 15) is 10.1 Å². The Hall–Kier alpha value is -1.95. The highest BCUT2D eigenvalue weighted by Gasteiger charge is 2.04. The standard InChI is InChI=1S/C13H12BrN3O2/c1-9-12(14)6-7-13(16-9)15-8-10-2-4-11(5-3-10)17(18)19/h2-7H,8H2,1H3,(H,15,16). The van der Waals surface area contributed by atoms with Gasteiger partial charge in [0.15, 0.2) is 0 Å². The third-order valence-corrected chi connectivity index (χ3v) is 3.48. The first kappa shape index (κ1) is 13.5. The number of nitrogens with zero attached hydrogens (tertiary/aromatic N) is 2. The number of pyridine rings is 1. The SMILES string of the molecule is Cc1nc(NCc2ccc([N+](=O)[O-])cc2)ccc1Br. The fraction of sp³-hybridized carbons (Fsp3) is 0.154. The second-order valence-electron chi connectivity index (χ2n) is 4.04. The molecule has 6 heteroatoms. The number of nitro benzene ring substituents is 1. The molecule has 0 saturated carbocycles. The average molecular weight is 322 g/mol. The van der Waals surface area contributed by atoms with Crippen LogP contribution in [0.3, 0.4) is 0 Å². The van der Waals surface area contributed by atoms with Gasteiger partial charge in [0.05, 0.1) is 10.6 Å². The molecule has 0 amide bonds. The van der Waals surface area contributed by atoms with Crippen molar-refractivity contribution in [2.24, 2.45) is 0 Å². The molecule has 0 spiro atoms. The summed E-state index contributed by atoms with van der Waals surface area (Å²) in [5.74, 6) is 0.777. The summed E-state index contributed by atoms with van der Waals surface area (Å²) in [4.78, 5) is 14.5. The number of nitro groups is 1. The van der Waals surface area contributed by atoms with Crippen LogP contribution in [-0.4, -0.2) is 9.91 Å². The quantitative estimate of drug-likeness (QED) is 0.689. The number of halogens is 1. The minimum absolute atomic E-state index is 0.0985. The highest BCUT2D eigenvalue weighted by molar-refractivity contribution is 9.10. The van der Waals surface area contributed by atoms with Crippen LogP contribution in [0.5, 0.6) is 0 Å². The first-order valence-electron chi connectivity index (χ1n) is 5.66. The van der Waals surface area contributed by atoms with Crippen molar-refractivity contribution in [3.8, 4) is 0 Å². The van der Waals surface area contributed by atoms with Crippen LogP contribution >= 0.6 is 15.9 Å². The molecule has 0 radical (unpaired) electrons. The smallest absolute Gasteiger partial charge is 0.269 e. The number of non-ortho nitro benzene ring substituents is 1. The van der Waals surface area contributed by atoms with E-state index in [0.717, 1.165) is 21.5 Å². The lowest BCUT2D eigenvalue weighted by atomic mass is 10.2. The molecule has 1 aromatic heterocycles. The topological polar surface area (TPSA) is 68.1 Å². The Labute approximate surface area is 119 Å². The summed E-state index contributed by atoms with van der Waals surface area (Å²) in [6.07, 6.45) is 0. The number of benzene rings is 1. The molecule has 0 saturated heterocycles. The molecule has 1 N–H and O–H groups in total. The third kappa shape index (κ3) is 3.51. The summed E-state index contributed by atoms with van der Waals surface area (Å²) in [5, 5.41) is 13.7. The van der Waals surface area contributed by atoms with Crippen LogP contribution in [0.4, 0.5) is 11.5 Å². The zero-order valence-corrected chi connectivity index (χ0v) is 11.8. The van der Waals surface area contributed by atoms with E-state index in [1.165, 1.54) is 12.1 Å². The Kier molecular flexibility index (Phi) is 4.11. The monoisotopic (exact) mass is 321 g/mol. The van der Waals surface area contributed by atoms with Crippen molar-refractivity contribution in [3.05, 3.63) is 62.2 Å². The molecule has 1 aromatic carbocycles. The van der Waals surface area contributed by atoms with Crippen LogP contribution in [0.2, 0.25) is 0 Å². The van der Waals surface area contributed by atoms with Crippen LogP contribution in [0.25, 0.3) is 0 Å². The van der Waals surface area contributed by atoms with E-state index in [2.05, 4.69) is 26.2 Å². The Bertz CT molecular complexity index is 599. The van der Waals surface area contributed by atoms with Crippen molar-refractivity contribution in [2.45, 2.75) is 13.5 Å². The first-order chi connectivity index (χ1) is 9.06. The van der Waals surface area contributed by atoms with Crippen molar-refractivity contribution in [1.82, 2.24) is 4.98 Å². The van der Waals surface area contributed by atoms with E-state index in [1.807, 2.05) is 19.1 Å². The van der Waals surface area contributed by atoms with E-state index < -0.39 is 4.92 Å². The first-order valence-corrected chi connectivity index (χ1v) is 6.46. The molecule has 0 aliphatic carbocycles. The molecule has 5 nitrogen and oxygen atoms in total. The van der Waals surface area contributed by atoms with Crippen LogP contribution in [-0.2, 0) is 6.54 Å². The fourth-order valence-electron chi connectivity index (χ4n) is 1.57. The number of aryl methyl sites for hydroxylation is 1. The van der Waals surface area contributed by atoms with Gasteiger partial charge in [-0.05, 0) is 40.5 Å². The summed E-state index contributed by atoms with van der Waals surface area (Å²) >= 11 is 3.39. The van der Waals surface area contributed by atoms with Crippen molar-refractivity contribution in [1.29, 1.82) is 0 Å². The molecule has 0 aliphatic heterocycles. The molecule has 0 unspecified atom stereocenters. The van der Waals surface area contributed by atoms with Gasteiger partial charge in [-0.3, -0.25) is 10.1 Å². The summed E-state index contributed by atoms with van der Waals surface area (Å²) in [7, 11) is 0. The Balaban J connectivity index is 2.01. The second kappa shape index (κ2) is 5.79. The minimum Gasteiger partial charge on any atom is -0.366 e. The predicted octanol–water partition coefficient (Wildman–Crippen LogP) is 3.67. The predicted molar refractivity (Wildman–Crippen MR) is 77.1 cm³/mol. The van der Waals surface area contributed by atoms with Gasteiger partial charge in [-0.2, -0.15) is 0 Å². The number of rotatable bonds is 4. The molecular weight excluding hydrogens is 310 g/mol. The fourth-order valence-corrected chi connectivity index (χ4v) is 1.79. The molecule has 0 bridgehead atoms. The highest BCUT2D eigenvalue weighted by Crippen LogP contribution is 2.17. The van der Waals surface area contributed by atoms with Crippen molar-refractivity contribution >= 4 is 27.4 Å². The van der Waals surface area contributed by atoms with Gasteiger partial charge in [0.25, 0.3) is 5.69 Å². The van der Waals surface area contributed by atoms with Gasteiger partial charge in [-0.25, -0.2) is 4.98 Å². The van der Waals surface area contributed by atoms with Crippen LogP contribution < -0.4 is 5.32 Å². The van der Waals surface area contributed by atoms with Gasteiger partial charge < -0.3 is 5.32 Å².